The van der Waals surface area contributed by atoms with E-state index in [9.17, 15) is 17.6 Å². The molecule has 0 aliphatic rings. The van der Waals surface area contributed by atoms with Gasteiger partial charge in [-0.05, 0) is 20.4 Å². The molecule has 0 N–H and O–H groups in total. The van der Waals surface area contributed by atoms with Gasteiger partial charge in [-0.15, -0.1) is 0 Å². The Hall–Kier alpha value is -0.923. The van der Waals surface area contributed by atoms with Crippen molar-refractivity contribution < 1.29 is 26.4 Å². The second-order valence-electron chi connectivity index (χ2n) is 3.65. The third-order valence-electron chi connectivity index (χ3n) is 2.41. The highest BCUT2D eigenvalue weighted by Crippen LogP contribution is 2.18. The number of hydrogen-bond donors (Lipinski definition) is 0. The molecule has 0 aromatic heterocycles. The largest absolute Gasteiger partial charge is 0.391 e. The molecule has 1 rings (SSSR count). The Bertz CT molecular complexity index is 407. The molecule has 0 unspecified atom stereocenters. The van der Waals surface area contributed by atoms with Crippen LogP contribution in [0.4, 0.5) is 17.6 Å². The second kappa shape index (κ2) is 5.81. The van der Waals surface area contributed by atoms with Gasteiger partial charge in [0.05, 0.1) is 5.19 Å². The highest BCUT2D eigenvalue weighted by molar-refractivity contribution is 6.80. The molecular formula is C11H14F4O2Si. The van der Waals surface area contributed by atoms with Crippen LogP contribution in [0.5, 0.6) is 0 Å². The van der Waals surface area contributed by atoms with Crippen LogP contribution < -0.4 is 5.19 Å². The molecule has 0 aliphatic heterocycles. The first-order valence-corrected chi connectivity index (χ1v) is 7.80. The minimum atomic E-state index is -3.51. The predicted octanol–water partition coefficient (Wildman–Crippen LogP) is 2.60. The molecule has 0 amide bonds. The average molecular weight is 282 g/mol. The highest BCUT2D eigenvalue weighted by Gasteiger charge is 2.41. The molecule has 18 heavy (non-hydrogen) atoms. The van der Waals surface area contributed by atoms with E-state index in [1.807, 2.05) is 0 Å². The van der Waals surface area contributed by atoms with Crippen molar-refractivity contribution >= 4 is 13.7 Å². The number of rotatable bonds is 5. The summed E-state index contributed by atoms with van der Waals surface area (Å²) in [6.07, 6.45) is 0. The normalized spacial score (nSPS) is 11.9. The van der Waals surface area contributed by atoms with E-state index in [-0.39, 0.29) is 19.3 Å². The predicted molar refractivity (Wildman–Crippen MR) is 60.8 cm³/mol. The molecule has 0 saturated carbocycles. The van der Waals surface area contributed by atoms with Crippen molar-refractivity contribution in [3.63, 3.8) is 0 Å². The molecule has 2 nitrogen and oxygen atoms in total. The Morgan fingerprint density at radius 1 is 0.944 bits per heavy atom. The van der Waals surface area contributed by atoms with E-state index in [1.165, 1.54) is 6.55 Å². The average Bonchev–Trinajstić information content (AvgIpc) is 2.27. The van der Waals surface area contributed by atoms with Gasteiger partial charge < -0.3 is 8.85 Å². The first-order valence-electron chi connectivity index (χ1n) is 5.48. The second-order valence-corrected chi connectivity index (χ2v) is 6.62. The van der Waals surface area contributed by atoms with Crippen LogP contribution in [0.2, 0.25) is 6.55 Å². The molecule has 0 radical (unpaired) electrons. The Morgan fingerprint density at radius 2 is 1.33 bits per heavy atom. The lowest BCUT2D eigenvalue weighted by molar-refractivity contribution is 0.200. The Balaban J connectivity index is 3.44. The van der Waals surface area contributed by atoms with Crippen molar-refractivity contribution in [2.45, 2.75) is 20.4 Å². The molecule has 0 heterocycles. The van der Waals surface area contributed by atoms with Crippen molar-refractivity contribution in [3.8, 4) is 0 Å². The molecule has 0 aliphatic carbocycles. The molecule has 1 aromatic carbocycles. The molecule has 7 heteroatoms. The van der Waals surface area contributed by atoms with Gasteiger partial charge in [0, 0.05) is 19.3 Å². The maximum atomic E-state index is 13.7. The van der Waals surface area contributed by atoms with E-state index < -0.39 is 37.0 Å². The molecule has 0 saturated heterocycles. The smallest absolute Gasteiger partial charge is 0.375 e. The van der Waals surface area contributed by atoms with Crippen LogP contribution in [0.1, 0.15) is 13.8 Å². The van der Waals surface area contributed by atoms with Crippen molar-refractivity contribution in [3.05, 3.63) is 29.3 Å². The minimum Gasteiger partial charge on any atom is -0.391 e. The van der Waals surface area contributed by atoms with Crippen molar-refractivity contribution in [2.24, 2.45) is 0 Å². The first-order chi connectivity index (χ1) is 8.37. The molecule has 0 bridgehead atoms. The van der Waals surface area contributed by atoms with Crippen LogP contribution in [-0.2, 0) is 8.85 Å². The van der Waals surface area contributed by atoms with Crippen LogP contribution >= 0.6 is 0 Å². The fourth-order valence-electron chi connectivity index (χ4n) is 1.71. The zero-order valence-corrected chi connectivity index (χ0v) is 11.3. The summed E-state index contributed by atoms with van der Waals surface area (Å²) in [5.41, 5.74) is 0. The summed E-state index contributed by atoms with van der Waals surface area (Å²) in [6.45, 7) is 4.81. The molecule has 1 aromatic rings. The van der Waals surface area contributed by atoms with E-state index in [4.69, 9.17) is 8.85 Å². The van der Waals surface area contributed by atoms with E-state index in [1.54, 1.807) is 13.8 Å². The number of benzene rings is 1. The van der Waals surface area contributed by atoms with Crippen LogP contribution in [0.25, 0.3) is 0 Å². The van der Waals surface area contributed by atoms with Crippen LogP contribution in [0, 0.1) is 23.3 Å². The SMILES string of the molecule is CCO[Si](C)(OCC)c1c(F)c(F)cc(F)c1F. The van der Waals surface area contributed by atoms with Crippen molar-refractivity contribution in [2.75, 3.05) is 13.2 Å². The van der Waals surface area contributed by atoms with Gasteiger partial charge in [-0.3, -0.25) is 0 Å². The molecular weight excluding hydrogens is 268 g/mol. The summed E-state index contributed by atoms with van der Waals surface area (Å²) >= 11 is 0. The Kier molecular flexibility index (Phi) is 4.89. The summed E-state index contributed by atoms with van der Waals surface area (Å²) in [6, 6.07) is 0.168. The lowest BCUT2D eigenvalue weighted by atomic mass is 10.3. The van der Waals surface area contributed by atoms with E-state index in [2.05, 4.69) is 0 Å². The lowest BCUT2D eigenvalue weighted by Gasteiger charge is -2.27. The maximum Gasteiger partial charge on any atom is 0.375 e. The number of halogens is 4. The van der Waals surface area contributed by atoms with Gasteiger partial charge in [-0.25, -0.2) is 17.6 Å². The summed E-state index contributed by atoms with van der Waals surface area (Å²) < 4.78 is 64.1. The molecule has 0 atom stereocenters. The fourth-order valence-corrected chi connectivity index (χ4v) is 4.22. The zero-order valence-electron chi connectivity index (χ0n) is 10.3. The fraction of sp³-hybridized carbons (Fsp3) is 0.455. The quantitative estimate of drug-likeness (QED) is 0.469. The molecule has 0 spiro atoms. The van der Waals surface area contributed by atoms with Crippen molar-refractivity contribution in [1.29, 1.82) is 0 Å². The Labute approximate surface area is 104 Å². The topological polar surface area (TPSA) is 18.5 Å². The van der Waals surface area contributed by atoms with E-state index in [0.29, 0.717) is 0 Å². The van der Waals surface area contributed by atoms with Gasteiger partial charge in [0.15, 0.2) is 23.3 Å². The van der Waals surface area contributed by atoms with Gasteiger partial charge in [-0.1, -0.05) is 0 Å². The van der Waals surface area contributed by atoms with E-state index in [0.717, 1.165) is 0 Å². The van der Waals surface area contributed by atoms with Gasteiger partial charge in [0.1, 0.15) is 0 Å². The summed E-state index contributed by atoms with van der Waals surface area (Å²) in [7, 11) is -3.51. The third kappa shape index (κ3) is 2.73. The number of hydrogen-bond acceptors (Lipinski definition) is 2. The maximum absolute atomic E-state index is 13.7. The standard InChI is InChI=1S/C11H14F4O2Si/c1-4-16-18(3,17-5-2)11-9(14)7(12)6-8(13)10(11)15/h6H,4-5H2,1-3H3. The first kappa shape index (κ1) is 15.1. The Morgan fingerprint density at radius 3 is 1.67 bits per heavy atom. The van der Waals surface area contributed by atoms with E-state index >= 15 is 0 Å². The summed E-state index contributed by atoms with van der Waals surface area (Å²) in [4.78, 5) is 0. The van der Waals surface area contributed by atoms with Crippen molar-refractivity contribution in [1.82, 2.24) is 0 Å². The minimum absolute atomic E-state index is 0.125. The molecule has 0 fully saturated rings. The zero-order chi connectivity index (χ0) is 13.9. The lowest BCUT2D eigenvalue weighted by Crippen LogP contribution is -2.54. The highest BCUT2D eigenvalue weighted by atomic mass is 28.4. The monoisotopic (exact) mass is 282 g/mol. The third-order valence-corrected chi connectivity index (χ3v) is 5.43. The summed E-state index contributed by atoms with van der Waals surface area (Å²) in [5, 5.41) is -0.760. The van der Waals surface area contributed by atoms with Gasteiger partial charge >= 0.3 is 8.56 Å². The van der Waals surface area contributed by atoms with Gasteiger partial charge in [0.25, 0.3) is 0 Å². The van der Waals surface area contributed by atoms with Crippen LogP contribution in [0.15, 0.2) is 6.07 Å². The van der Waals surface area contributed by atoms with Gasteiger partial charge in [0.2, 0.25) is 0 Å². The summed E-state index contributed by atoms with van der Waals surface area (Å²) in [5.74, 6) is -5.82. The van der Waals surface area contributed by atoms with Crippen LogP contribution in [-0.4, -0.2) is 21.8 Å². The van der Waals surface area contributed by atoms with Gasteiger partial charge in [-0.2, -0.15) is 0 Å². The van der Waals surface area contributed by atoms with Crippen LogP contribution in [0.3, 0.4) is 0 Å². The molecule has 102 valence electrons.